The van der Waals surface area contributed by atoms with Crippen molar-refractivity contribution in [2.75, 3.05) is 13.1 Å². The van der Waals surface area contributed by atoms with Gasteiger partial charge in [-0.25, -0.2) is 4.98 Å². The number of amides is 2. The van der Waals surface area contributed by atoms with Crippen LogP contribution in [-0.2, 0) is 13.0 Å². The highest BCUT2D eigenvalue weighted by atomic mass is 35.5. The normalized spacial score (nSPS) is 20.4. The Labute approximate surface area is 214 Å². The molecule has 0 unspecified atom stereocenters. The van der Waals surface area contributed by atoms with E-state index in [0.29, 0.717) is 15.7 Å². The number of rotatable bonds is 5. The van der Waals surface area contributed by atoms with Crippen LogP contribution < -0.4 is 10.6 Å². The van der Waals surface area contributed by atoms with E-state index in [-0.39, 0.29) is 36.3 Å². The Morgan fingerprint density at radius 3 is 2.65 bits per heavy atom. The number of nitrogens with one attached hydrogen (secondary N) is 3. The molecule has 3 N–H and O–H groups in total. The summed E-state index contributed by atoms with van der Waals surface area (Å²) in [5.41, 5.74) is 2.42. The second kappa shape index (κ2) is 10.6. The molecule has 0 saturated heterocycles. The first kappa shape index (κ1) is 25.0. The molecule has 1 saturated carbocycles. The molecule has 2 aromatic heterocycles. The Bertz CT molecular complexity index is 1190. The highest BCUT2D eigenvalue weighted by molar-refractivity contribution is 7.13. The van der Waals surface area contributed by atoms with Gasteiger partial charge in [0.15, 0.2) is 5.01 Å². The van der Waals surface area contributed by atoms with E-state index in [0.717, 1.165) is 68.3 Å². The van der Waals surface area contributed by atoms with Crippen molar-refractivity contribution in [2.45, 2.75) is 57.7 Å². The number of benzene rings is 1. The number of H-pyrrole nitrogens is 1. The van der Waals surface area contributed by atoms with Gasteiger partial charge in [-0.15, -0.1) is 23.7 Å². The first-order chi connectivity index (χ1) is 16.0. The number of nitrogens with zero attached hydrogens (tertiary/aromatic N) is 2. The molecule has 0 spiro atoms. The molecule has 1 fully saturated rings. The van der Waals surface area contributed by atoms with Gasteiger partial charge in [0, 0.05) is 52.4 Å². The first-order valence-corrected chi connectivity index (χ1v) is 12.8. The number of aromatic amines is 1. The maximum absolute atomic E-state index is 13.0. The summed E-state index contributed by atoms with van der Waals surface area (Å²) in [6, 6.07) is 7.09. The molecule has 7 nitrogen and oxygen atoms in total. The van der Waals surface area contributed by atoms with Crippen molar-refractivity contribution in [2.24, 2.45) is 0 Å². The van der Waals surface area contributed by atoms with Crippen LogP contribution in [0.5, 0.6) is 0 Å². The lowest BCUT2D eigenvalue weighted by molar-refractivity contribution is 0.0860. The minimum absolute atomic E-state index is 0. The smallest absolute Gasteiger partial charge is 0.280 e. The molecule has 34 heavy (non-hydrogen) atoms. The maximum atomic E-state index is 13.0. The Balaban J connectivity index is 0.00000274. The Hall–Kier alpha value is -2.13. The van der Waals surface area contributed by atoms with E-state index in [9.17, 15) is 9.59 Å². The van der Waals surface area contributed by atoms with E-state index in [4.69, 9.17) is 11.6 Å². The van der Waals surface area contributed by atoms with Crippen molar-refractivity contribution in [1.82, 2.24) is 25.5 Å². The number of carbonyl (C=O) groups excluding carboxylic acids is 2. The summed E-state index contributed by atoms with van der Waals surface area (Å²) in [7, 11) is 0. The fraction of sp³-hybridized carbons (Fsp3) is 0.458. The van der Waals surface area contributed by atoms with Crippen LogP contribution in [0, 0.1) is 0 Å². The van der Waals surface area contributed by atoms with Gasteiger partial charge < -0.3 is 15.6 Å². The monoisotopic (exact) mass is 521 g/mol. The van der Waals surface area contributed by atoms with Gasteiger partial charge >= 0.3 is 0 Å². The van der Waals surface area contributed by atoms with Gasteiger partial charge in [-0.2, -0.15) is 0 Å². The predicted octanol–water partition coefficient (Wildman–Crippen LogP) is 4.55. The topological polar surface area (TPSA) is 90.1 Å². The second-order valence-electron chi connectivity index (χ2n) is 8.87. The van der Waals surface area contributed by atoms with Crippen LogP contribution in [0.2, 0.25) is 5.02 Å². The van der Waals surface area contributed by atoms with Crippen LogP contribution >= 0.6 is 35.3 Å². The van der Waals surface area contributed by atoms with Crippen LogP contribution in [0.4, 0.5) is 0 Å². The minimum Gasteiger partial charge on any atom is -0.351 e. The number of aromatic nitrogens is 2. The van der Waals surface area contributed by atoms with Crippen LogP contribution in [0.1, 0.15) is 63.5 Å². The number of carbonyl (C=O) groups is 2. The summed E-state index contributed by atoms with van der Waals surface area (Å²) in [6.45, 7) is 5.02. The molecule has 0 radical (unpaired) electrons. The largest absolute Gasteiger partial charge is 0.351 e. The van der Waals surface area contributed by atoms with Crippen LogP contribution in [0.15, 0.2) is 24.3 Å². The quantitative estimate of drug-likeness (QED) is 0.459. The molecule has 2 atom stereocenters. The third kappa shape index (κ3) is 5.25. The fourth-order valence-electron chi connectivity index (χ4n) is 4.79. The van der Waals surface area contributed by atoms with E-state index < -0.39 is 0 Å². The van der Waals surface area contributed by atoms with Crippen molar-refractivity contribution < 1.29 is 9.59 Å². The molecule has 0 bridgehead atoms. The highest BCUT2D eigenvalue weighted by Crippen LogP contribution is 2.26. The molecule has 1 aromatic carbocycles. The van der Waals surface area contributed by atoms with Crippen molar-refractivity contribution in [1.29, 1.82) is 0 Å². The fourth-order valence-corrected chi connectivity index (χ4v) is 6.03. The van der Waals surface area contributed by atoms with E-state index in [1.165, 1.54) is 16.2 Å². The second-order valence-corrected chi connectivity index (χ2v) is 10.4. The van der Waals surface area contributed by atoms with Gasteiger partial charge in [-0.1, -0.05) is 31.4 Å². The number of hydrogen-bond donors (Lipinski definition) is 3. The average Bonchev–Trinajstić information content (AvgIpc) is 3.43. The highest BCUT2D eigenvalue weighted by Gasteiger charge is 2.30. The Kier molecular flexibility index (Phi) is 7.82. The van der Waals surface area contributed by atoms with E-state index in [2.05, 4.69) is 32.4 Å². The predicted molar refractivity (Wildman–Crippen MR) is 138 cm³/mol. The van der Waals surface area contributed by atoms with Crippen molar-refractivity contribution >= 4 is 58.1 Å². The van der Waals surface area contributed by atoms with Gasteiger partial charge in [0.25, 0.3) is 11.8 Å². The lowest BCUT2D eigenvalue weighted by Crippen LogP contribution is -2.53. The van der Waals surface area contributed by atoms with E-state index >= 15 is 0 Å². The zero-order chi connectivity index (χ0) is 22.9. The summed E-state index contributed by atoms with van der Waals surface area (Å²) in [4.78, 5) is 37.3. The molecule has 182 valence electrons. The molecule has 10 heteroatoms. The summed E-state index contributed by atoms with van der Waals surface area (Å²) in [5.74, 6) is -0.304. The zero-order valence-corrected chi connectivity index (χ0v) is 21.4. The summed E-state index contributed by atoms with van der Waals surface area (Å²) < 4.78 is 0. The molecule has 2 aliphatic rings. The molecule has 1 aliphatic heterocycles. The third-order valence-electron chi connectivity index (χ3n) is 6.68. The SMILES string of the molecule is CCN1CCc2nc(C(=O)N[C@@H]3CCCC[C@@H]3NC(=O)c3cc4cc(Cl)ccc4[nH]3)sc2C1.Cl. The summed E-state index contributed by atoms with van der Waals surface area (Å²) >= 11 is 7.57. The minimum atomic E-state index is -0.169. The first-order valence-electron chi connectivity index (χ1n) is 11.6. The molecule has 5 rings (SSSR count). The Morgan fingerprint density at radius 1 is 1.18 bits per heavy atom. The van der Waals surface area contributed by atoms with Crippen LogP contribution in [-0.4, -0.2) is 51.9 Å². The zero-order valence-electron chi connectivity index (χ0n) is 19.0. The number of likely N-dealkylation sites (N-methyl/N-ethyl adjacent to an activating group) is 1. The van der Waals surface area contributed by atoms with Crippen LogP contribution in [0.25, 0.3) is 10.9 Å². The number of hydrogen-bond acceptors (Lipinski definition) is 5. The van der Waals surface area contributed by atoms with Gasteiger partial charge in [-0.05, 0) is 43.7 Å². The van der Waals surface area contributed by atoms with Crippen LogP contribution in [0.3, 0.4) is 0 Å². The third-order valence-corrected chi connectivity index (χ3v) is 7.99. The molecule has 2 amide bonds. The van der Waals surface area contributed by atoms with Crippen molar-refractivity contribution in [3.05, 3.63) is 50.6 Å². The number of fused-ring (bicyclic) bond motifs is 2. The maximum Gasteiger partial charge on any atom is 0.280 e. The van der Waals surface area contributed by atoms with Crippen molar-refractivity contribution in [3.8, 4) is 0 Å². The van der Waals surface area contributed by atoms with Gasteiger partial charge in [0.05, 0.1) is 5.69 Å². The standard InChI is InChI=1S/C24H28ClN5O2S.ClH/c1-2-30-10-9-19-21(13-30)33-24(29-19)23(32)28-18-6-4-3-5-17(18)27-22(31)20-12-14-11-15(25)7-8-16(14)26-20;/h7-8,11-12,17-18,26H,2-6,9-10,13H2,1H3,(H,27,31)(H,28,32);1H/t17-,18+;/m0./s1. The molecular formula is C24H29Cl2N5O2S. The Morgan fingerprint density at radius 2 is 1.91 bits per heavy atom. The number of thiazole rings is 1. The van der Waals surface area contributed by atoms with Gasteiger partial charge in [-0.3, -0.25) is 14.5 Å². The van der Waals surface area contributed by atoms with E-state index in [1.54, 1.807) is 6.07 Å². The lowest BCUT2D eigenvalue weighted by atomic mass is 9.90. The summed E-state index contributed by atoms with van der Waals surface area (Å²) in [5, 5.41) is 8.36. The average molecular weight is 523 g/mol. The molecule has 1 aliphatic carbocycles. The number of halogens is 2. The van der Waals surface area contributed by atoms with Gasteiger partial charge in [0.1, 0.15) is 5.69 Å². The lowest BCUT2D eigenvalue weighted by Gasteiger charge is -2.32. The van der Waals surface area contributed by atoms with Gasteiger partial charge in [0.2, 0.25) is 0 Å². The molecular weight excluding hydrogens is 493 g/mol. The molecule has 3 aromatic rings. The van der Waals surface area contributed by atoms with E-state index in [1.807, 2.05) is 18.2 Å². The molecule has 3 heterocycles. The summed E-state index contributed by atoms with van der Waals surface area (Å²) in [6.07, 6.45) is 4.63. The van der Waals surface area contributed by atoms with Crippen molar-refractivity contribution in [3.63, 3.8) is 0 Å².